The summed E-state index contributed by atoms with van der Waals surface area (Å²) in [5, 5.41) is 14.5. The van der Waals surface area contributed by atoms with Gasteiger partial charge < -0.3 is 10.1 Å². The van der Waals surface area contributed by atoms with Crippen LogP contribution in [0.15, 0.2) is 6.07 Å². The molecule has 1 aliphatic carbocycles. The van der Waals surface area contributed by atoms with E-state index in [1.54, 1.807) is 0 Å². The maximum absolute atomic E-state index is 11.2. The predicted molar refractivity (Wildman–Crippen MR) is 72.9 cm³/mol. The lowest BCUT2D eigenvalue weighted by Gasteiger charge is -2.23. The van der Waals surface area contributed by atoms with Crippen LogP contribution in [0.3, 0.4) is 0 Å². The van der Waals surface area contributed by atoms with Crippen molar-refractivity contribution in [3.05, 3.63) is 21.3 Å². The van der Waals surface area contributed by atoms with Crippen molar-refractivity contribution in [1.29, 1.82) is 0 Å². The summed E-state index contributed by atoms with van der Waals surface area (Å²) in [5.41, 5.74) is -0.155. The van der Waals surface area contributed by atoms with E-state index in [9.17, 15) is 10.1 Å². The summed E-state index contributed by atoms with van der Waals surface area (Å²) in [7, 11) is 1.38. The highest BCUT2D eigenvalue weighted by Gasteiger charge is 2.26. The molecule has 19 heavy (non-hydrogen) atoms. The van der Waals surface area contributed by atoms with E-state index in [0.29, 0.717) is 0 Å². The largest absolute Gasteiger partial charge is 0.490 e. The van der Waals surface area contributed by atoms with E-state index in [1.807, 2.05) is 0 Å². The van der Waals surface area contributed by atoms with Crippen molar-refractivity contribution in [3.8, 4) is 5.75 Å². The van der Waals surface area contributed by atoms with E-state index in [-0.39, 0.29) is 28.4 Å². The van der Waals surface area contributed by atoms with Crippen LogP contribution in [0.1, 0.15) is 32.1 Å². The number of methoxy groups -OCH3 is 1. The lowest BCUT2D eigenvalue weighted by atomic mass is 9.95. The van der Waals surface area contributed by atoms with Gasteiger partial charge in [0.15, 0.2) is 0 Å². The van der Waals surface area contributed by atoms with Gasteiger partial charge in [-0.15, -0.1) is 0 Å². The van der Waals surface area contributed by atoms with Gasteiger partial charge >= 0.3 is 5.69 Å². The first-order chi connectivity index (χ1) is 9.11. The Labute approximate surface area is 116 Å². The molecule has 0 aliphatic heterocycles. The Morgan fingerprint density at radius 2 is 2.16 bits per heavy atom. The van der Waals surface area contributed by atoms with E-state index < -0.39 is 4.92 Å². The number of ether oxygens (including phenoxy) is 1. The van der Waals surface area contributed by atoms with E-state index >= 15 is 0 Å². The number of aromatic nitrogens is 1. The minimum Gasteiger partial charge on any atom is -0.490 e. The summed E-state index contributed by atoms with van der Waals surface area (Å²) in [4.78, 5) is 14.7. The average molecular weight is 286 g/mol. The molecule has 1 saturated carbocycles. The second kappa shape index (κ2) is 6.06. The minimum atomic E-state index is -0.493. The number of nitro groups is 1. The molecule has 1 aromatic rings. The standard InChI is InChI=1S/C12H16ClN3O3/c1-19-9-7-10(13)15-12(11(9)16(17)18)14-8-5-3-2-4-6-8/h7-8H,2-6H2,1H3,(H,14,15). The number of nitrogens with one attached hydrogen (secondary N) is 1. The fraction of sp³-hybridized carbons (Fsp3) is 0.583. The molecule has 104 valence electrons. The highest BCUT2D eigenvalue weighted by atomic mass is 35.5. The molecule has 0 aromatic carbocycles. The maximum Gasteiger partial charge on any atom is 0.352 e. The topological polar surface area (TPSA) is 77.3 Å². The van der Waals surface area contributed by atoms with Gasteiger partial charge in [0.25, 0.3) is 0 Å². The van der Waals surface area contributed by atoms with Gasteiger partial charge in [-0.25, -0.2) is 4.98 Å². The Hall–Kier alpha value is -1.56. The Balaban J connectivity index is 2.31. The lowest BCUT2D eigenvalue weighted by molar-refractivity contribution is -0.385. The molecular weight excluding hydrogens is 270 g/mol. The predicted octanol–water partition coefficient (Wildman–Crippen LogP) is 3.40. The van der Waals surface area contributed by atoms with Crippen molar-refractivity contribution in [2.45, 2.75) is 38.1 Å². The first-order valence-electron chi connectivity index (χ1n) is 6.27. The van der Waals surface area contributed by atoms with Crippen molar-refractivity contribution >= 4 is 23.1 Å². The summed E-state index contributed by atoms with van der Waals surface area (Å²) in [5.74, 6) is 0.324. The van der Waals surface area contributed by atoms with Crippen LogP contribution in [0.5, 0.6) is 5.75 Å². The van der Waals surface area contributed by atoms with Crippen molar-refractivity contribution in [2.24, 2.45) is 0 Å². The molecule has 0 spiro atoms. The summed E-state index contributed by atoms with van der Waals surface area (Å²) >= 11 is 5.87. The highest BCUT2D eigenvalue weighted by Crippen LogP contribution is 2.36. The zero-order valence-corrected chi connectivity index (χ0v) is 11.4. The van der Waals surface area contributed by atoms with Crippen molar-refractivity contribution in [1.82, 2.24) is 4.98 Å². The third kappa shape index (κ3) is 3.26. The van der Waals surface area contributed by atoms with Crippen LogP contribution in [0.25, 0.3) is 0 Å². The average Bonchev–Trinajstić information content (AvgIpc) is 2.38. The smallest absolute Gasteiger partial charge is 0.352 e. The van der Waals surface area contributed by atoms with Gasteiger partial charge in [0.2, 0.25) is 11.6 Å². The summed E-state index contributed by atoms with van der Waals surface area (Å²) in [6.07, 6.45) is 5.46. The fourth-order valence-corrected chi connectivity index (χ4v) is 2.54. The molecule has 1 aliphatic rings. The molecule has 0 saturated heterocycles. The molecule has 7 heteroatoms. The zero-order valence-electron chi connectivity index (χ0n) is 10.7. The molecule has 0 atom stereocenters. The third-order valence-electron chi connectivity index (χ3n) is 3.28. The van der Waals surface area contributed by atoms with Gasteiger partial charge in [-0.2, -0.15) is 0 Å². The zero-order chi connectivity index (χ0) is 13.8. The monoisotopic (exact) mass is 285 g/mol. The van der Waals surface area contributed by atoms with E-state index in [1.165, 1.54) is 19.6 Å². The first kappa shape index (κ1) is 13.9. The molecule has 0 radical (unpaired) electrons. The molecule has 1 fully saturated rings. The summed E-state index contributed by atoms with van der Waals surface area (Å²) in [6.45, 7) is 0. The molecule has 0 bridgehead atoms. The second-order valence-corrected chi connectivity index (χ2v) is 4.97. The van der Waals surface area contributed by atoms with Crippen LogP contribution < -0.4 is 10.1 Å². The Morgan fingerprint density at radius 1 is 1.47 bits per heavy atom. The highest BCUT2D eigenvalue weighted by molar-refractivity contribution is 6.29. The van der Waals surface area contributed by atoms with Gasteiger partial charge in [-0.3, -0.25) is 10.1 Å². The quantitative estimate of drug-likeness (QED) is 0.521. The Morgan fingerprint density at radius 3 is 2.74 bits per heavy atom. The SMILES string of the molecule is COc1cc(Cl)nc(NC2CCCCC2)c1[N+](=O)[O-]. The Bertz CT molecular complexity index is 476. The number of pyridine rings is 1. The van der Waals surface area contributed by atoms with Crippen molar-refractivity contribution in [3.63, 3.8) is 0 Å². The van der Waals surface area contributed by atoms with Crippen LogP contribution >= 0.6 is 11.6 Å². The van der Waals surface area contributed by atoms with E-state index in [0.717, 1.165) is 25.7 Å². The van der Waals surface area contributed by atoms with Gasteiger partial charge in [-0.1, -0.05) is 30.9 Å². The second-order valence-electron chi connectivity index (χ2n) is 4.58. The number of nitrogens with zero attached hydrogens (tertiary/aromatic N) is 2. The van der Waals surface area contributed by atoms with Gasteiger partial charge in [-0.05, 0) is 12.8 Å². The number of hydrogen-bond acceptors (Lipinski definition) is 5. The van der Waals surface area contributed by atoms with E-state index in [4.69, 9.17) is 16.3 Å². The minimum absolute atomic E-state index is 0.128. The molecule has 1 aromatic heterocycles. The van der Waals surface area contributed by atoms with Gasteiger partial charge in [0.1, 0.15) is 5.15 Å². The van der Waals surface area contributed by atoms with E-state index in [2.05, 4.69) is 10.3 Å². The molecule has 6 nitrogen and oxygen atoms in total. The number of hydrogen-bond donors (Lipinski definition) is 1. The van der Waals surface area contributed by atoms with Crippen molar-refractivity contribution < 1.29 is 9.66 Å². The van der Waals surface area contributed by atoms with Crippen LogP contribution in [0.2, 0.25) is 5.15 Å². The number of anilines is 1. The van der Waals surface area contributed by atoms with Crippen LogP contribution in [0.4, 0.5) is 11.5 Å². The summed E-state index contributed by atoms with van der Waals surface area (Å²) in [6, 6.07) is 1.56. The molecule has 1 N–H and O–H groups in total. The third-order valence-corrected chi connectivity index (χ3v) is 3.47. The molecule has 1 heterocycles. The van der Waals surface area contributed by atoms with Crippen molar-refractivity contribution in [2.75, 3.05) is 12.4 Å². The number of rotatable bonds is 4. The molecular formula is C12H16ClN3O3. The fourth-order valence-electron chi connectivity index (χ4n) is 2.36. The first-order valence-corrected chi connectivity index (χ1v) is 6.65. The molecule has 2 rings (SSSR count). The lowest BCUT2D eigenvalue weighted by Crippen LogP contribution is -2.23. The molecule has 0 unspecified atom stereocenters. The Kier molecular flexibility index (Phi) is 4.42. The van der Waals surface area contributed by atoms with Crippen LogP contribution in [-0.4, -0.2) is 23.1 Å². The summed E-state index contributed by atoms with van der Waals surface area (Å²) < 4.78 is 5.01. The van der Waals surface area contributed by atoms with Crippen LogP contribution in [0, 0.1) is 10.1 Å². The van der Waals surface area contributed by atoms with Crippen LogP contribution in [-0.2, 0) is 0 Å². The normalized spacial score (nSPS) is 16.1. The number of halogens is 1. The van der Waals surface area contributed by atoms with Gasteiger partial charge in [0, 0.05) is 12.1 Å². The molecule has 0 amide bonds. The maximum atomic E-state index is 11.2. The van der Waals surface area contributed by atoms with Gasteiger partial charge in [0.05, 0.1) is 12.0 Å².